The number of nitrogens with one attached hydrogen (secondary N) is 2. The van der Waals surface area contributed by atoms with Crippen molar-refractivity contribution in [3.05, 3.63) is 42.2 Å². The summed E-state index contributed by atoms with van der Waals surface area (Å²) in [4.78, 5) is 3.89. The van der Waals surface area contributed by atoms with Crippen molar-refractivity contribution >= 4 is 5.82 Å². The number of hydrogen-bond acceptors (Lipinski definition) is 6. The molecule has 0 aliphatic rings. The smallest absolute Gasteiger partial charge is 0.420 e. The third-order valence-electron chi connectivity index (χ3n) is 3.07. The zero-order chi connectivity index (χ0) is 16.4. The molecule has 3 rings (SSSR count). The van der Waals surface area contributed by atoms with E-state index in [2.05, 4.69) is 30.7 Å². The van der Waals surface area contributed by atoms with Crippen molar-refractivity contribution in [2.75, 3.05) is 5.32 Å². The topological polar surface area (TPSA) is 92.5 Å². The summed E-state index contributed by atoms with van der Waals surface area (Å²) in [5, 5.41) is 16.3. The Bertz CT molecular complexity index is 770. The predicted molar refractivity (Wildman–Crippen MR) is 73.2 cm³/mol. The van der Waals surface area contributed by atoms with Gasteiger partial charge < -0.3 is 9.73 Å². The van der Waals surface area contributed by atoms with Crippen LogP contribution in [0.2, 0.25) is 0 Å². The van der Waals surface area contributed by atoms with E-state index >= 15 is 0 Å². The maximum Gasteiger partial charge on any atom is 0.420 e. The molecule has 0 amide bonds. The molecular weight excluding hydrogens is 313 g/mol. The van der Waals surface area contributed by atoms with Gasteiger partial charge in [-0.2, -0.15) is 18.3 Å². The number of rotatable bonds is 4. The van der Waals surface area contributed by atoms with Crippen LogP contribution in [-0.2, 0) is 6.18 Å². The number of aromatic nitrogens is 5. The average molecular weight is 324 g/mol. The molecule has 10 heteroatoms. The first-order chi connectivity index (χ1) is 10.9. The maximum atomic E-state index is 13.3. The average Bonchev–Trinajstić information content (AvgIpc) is 3.20. The first-order valence-corrected chi connectivity index (χ1v) is 6.55. The van der Waals surface area contributed by atoms with Gasteiger partial charge in [-0.05, 0) is 25.1 Å². The minimum Gasteiger partial charge on any atom is -0.463 e. The van der Waals surface area contributed by atoms with Crippen LogP contribution in [0, 0.1) is 0 Å². The van der Waals surface area contributed by atoms with E-state index in [0.717, 1.165) is 6.07 Å². The summed E-state index contributed by atoms with van der Waals surface area (Å²) in [7, 11) is 0. The Morgan fingerprint density at radius 1 is 1.30 bits per heavy atom. The molecule has 7 nitrogen and oxygen atoms in total. The summed E-state index contributed by atoms with van der Waals surface area (Å²) in [6.45, 7) is 1.63. The number of alkyl halides is 3. The Hall–Kier alpha value is -2.91. The highest BCUT2D eigenvalue weighted by Gasteiger charge is 2.36. The second kappa shape index (κ2) is 5.71. The van der Waals surface area contributed by atoms with Crippen molar-refractivity contribution in [3.8, 4) is 11.5 Å². The summed E-state index contributed by atoms with van der Waals surface area (Å²) in [5.74, 6) is 0.199. The van der Waals surface area contributed by atoms with Gasteiger partial charge in [-0.1, -0.05) is 0 Å². The number of halogens is 3. The Balaban J connectivity index is 1.96. The monoisotopic (exact) mass is 324 g/mol. The van der Waals surface area contributed by atoms with E-state index in [1.54, 1.807) is 13.0 Å². The largest absolute Gasteiger partial charge is 0.463 e. The van der Waals surface area contributed by atoms with Gasteiger partial charge >= 0.3 is 6.18 Å². The third-order valence-corrected chi connectivity index (χ3v) is 3.07. The van der Waals surface area contributed by atoms with Crippen molar-refractivity contribution in [2.45, 2.75) is 19.1 Å². The summed E-state index contributed by atoms with van der Waals surface area (Å²) in [6.07, 6.45) is -1.98. The highest BCUT2D eigenvalue weighted by atomic mass is 19.4. The van der Waals surface area contributed by atoms with Gasteiger partial charge in [0.15, 0.2) is 11.6 Å². The zero-order valence-electron chi connectivity index (χ0n) is 11.8. The lowest BCUT2D eigenvalue weighted by Gasteiger charge is -2.16. The van der Waals surface area contributed by atoms with Crippen LogP contribution in [0.5, 0.6) is 0 Å². The van der Waals surface area contributed by atoms with Crippen molar-refractivity contribution < 1.29 is 17.6 Å². The van der Waals surface area contributed by atoms with Gasteiger partial charge in [-0.3, -0.25) is 5.10 Å². The van der Waals surface area contributed by atoms with Crippen molar-refractivity contribution in [1.29, 1.82) is 0 Å². The highest BCUT2D eigenvalue weighted by Crippen LogP contribution is 2.36. The maximum absolute atomic E-state index is 13.3. The first kappa shape index (κ1) is 15.0. The van der Waals surface area contributed by atoms with Crippen LogP contribution in [0.3, 0.4) is 0 Å². The molecular formula is C13H11F3N6O. The fraction of sp³-hybridized carbons (Fsp3) is 0.231. The summed E-state index contributed by atoms with van der Waals surface area (Å²) < 4.78 is 44.9. The minimum absolute atomic E-state index is 0.000179. The Morgan fingerprint density at radius 3 is 2.74 bits per heavy atom. The van der Waals surface area contributed by atoms with E-state index in [4.69, 9.17) is 4.42 Å². The molecule has 1 unspecified atom stereocenters. The van der Waals surface area contributed by atoms with E-state index < -0.39 is 23.6 Å². The standard InChI is InChI=1S/C13H11F3N6O/c1-7(11-17-6-18-21-11)19-12-8(13(14,15)16)5-9(20-22-12)10-3-2-4-23-10/h2-7H,1H3,(H,19,22)(H,17,18,21). The molecule has 2 N–H and O–H groups in total. The lowest BCUT2D eigenvalue weighted by Crippen LogP contribution is -2.17. The van der Waals surface area contributed by atoms with Crippen LogP contribution in [0.4, 0.5) is 19.0 Å². The van der Waals surface area contributed by atoms with Gasteiger partial charge in [0, 0.05) is 0 Å². The molecule has 0 fully saturated rings. The summed E-state index contributed by atoms with van der Waals surface area (Å²) >= 11 is 0. The van der Waals surface area contributed by atoms with E-state index in [0.29, 0.717) is 5.82 Å². The Labute approximate surface area is 128 Å². The van der Waals surface area contributed by atoms with Crippen LogP contribution >= 0.6 is 0 Å². The number of nitrogens with zero attached hydrogens (tertiary/aromatic N) is 4. The predicted octanol–water partition coefficient (Wildman–Crippen LogP) is 3.05. The van der Waals surface area contributed by atoms with E-state index in [1.165, 1.54) is 18.7 Å². The van der Waals surface area contributed by atoms with Gasteiger partial charge in [0.05, 0.1) is 12.3 Å². The number of anilines is 1. The van der Waals surface area contributed by atoms with E-state index in [1.807, 2.05) is 0 Å². The fourth-order valence-corrected chi connectivity index (χ4v) is 1.96. The molecule has 0 aliphatic heterocycles. The molecule has 120 valence electrons. The van der Waals surface area contributed by atoms with E-state index in [-0.39, 0.29) is 11.5 Å². The summed E-state index contributed by atoms with van der Waals surface area (Å²) in [6, 6.07) is 3.40. The van der Waals surface area contributed by atoms with Gasteiger partial charge in [0.2, 0.25) is 0 Å². The molecule has 23 heavy (non-hydrogen) atoms. The molecule has 0 radical (unpaired) electrons. The molecule has 0 aliphatic carbocycles. The lowest BCUT2D eigenvalue weighted by molar-refractivity contribution is -0.137. The van der Waals surface area contributed by atoms with Gasteiger partial charge in [-0.15, -0.1) is 10.2 Å². The number of furan rings is 1. The number of H-pyrrole nitrogens is 1. The van der Waals surface area contributed by atoms with E-state index in [9.17, 15) is 13.2 Å². The van der Waals surface area contributed by atoms with Gasteiger partial charge in [0.25, 0.3) is 0 Å². The molecule has 0 aromatic carbocycles. The minimum atomic E-state index is -4.60. The van der Waals surface area contributed by atoms with Crippen LogP contribution in [0.1, 0.15) is 24.4 Å². The number of hydrogen-bond donors (Lipinski definition) is 2. The van der Waals surface area contributed by atoms with Gasteiger partial charge in [0.1, 0.15) is 23.4 Å². The van der Waals surface area contributed by atoms with Crippen LogP contribution in [0.25, 0.3) is 11.5 Å². The number of aromatic amines is 1. The lowest BCUT2D eigenvalue weighted by atomic mass is 10.2. The van der Waals surface area contributed by atoms with Gasteiger partial charge in [-0.25, -0.2) is 4.98 Å². The third kappa shape index (κ3) is 3.15. The SMILES string of the molecule is CC(Nc1nnc(-c2ccco2)cc1C(F)(F)F)c1ncn[nH]1. The molecule has 0 saturated heterocycles. The van der Waals surface area contributed by atoms with Crippen molar-refractivity contribution in [3.63, 3.8) is 0 Å². The van der Waals surface area contributed by atoms with Crippen LogP contribution in [-0.4, -0.2) is 25.4 Å². The van der Waals surface area contributed by atoms with Crippen LogP contribution in [0.15, 0.2) is 35.2 Å². The molecule has 0 saturated carbocycles. The second-order valence-corrected chi connectivity index (χ2v) is 4.70. The van der Waals surface area contributed by atoms with Crippen LogP contribution < -0.4 is 5.32 Å². The first-order valence-electron chi connectivity index (χ1n) is 6.55. The summed E-state index contributed by atoms with van der Waals surface area (Å²) in [5.41, 5.74) is -0.939. The molecule has 1 atom stereocenters. The molecule has 0 spiro atoms. The zero-order valence-corrected chi connectivity index (χ0v) is 11.8. The fourth-order valence-electron chi connectivity index (χ4n) is 1.96. The molecule has 3 heterocycles. The molecule has 0 bridgehead atoms. The molecule has 3 aromatic rings. The Morgan fingerprint density at radius 2 is 2.13 bits per heavy atom. The Kier molecular flexibility index (Phi) is 3.72. The quantitative estimate of drug-likeness (QED) is 0.766. The second-order valence-electron chi connectivity index (χ2n) is 4.70. The van der Waals surface area contributed by atoms with Crippen molar-refractivity contribution in [2.24, 2.45) is 0 Å². The normalized spacial score (nSPS) is 13.0. The molecule has 3 aromatic heterocycles. The highest BCUT2D eigenvalue weighted by molar-refractivity contribution is 5.57. The van der Waals surface area contributed by atoms with Crippen molar-refractivity contribution in [1.82, 2.24) is 25.4 Å².